The molecular formula is C15H22FNO3. The van der Waals surface area contributed by atoms with Gasteiger partial charge in [-0.25, -0.2) is 4.39 Å². The second-order valence-corrected chi connectivity index (χ2v) is 5.22. The number of carbonyl (C=O) groups is 1. The summed E-state index contributed by atoms with van der Waals surface area (Å²) in [6.45, 7) is 7.61. The third-order valence-electron chi connectivity index (χ3n) is 3.71. The molecule has 0 amide bonds. The molecule has 1 aromatic carbocycles. The van der Waals surface area contributed by atoms with Gasteiger partial charge in [0.2, 0.25) is 0 Å². The number of benzene rings is 1. The van der Waals surface area contributed by atoms with Gasteiger partial charge >= 0.3 is 5.97 Å². The number of rotatable bonds is 6. The highest BCUT2D eigenvalue weighted by atomic mass is 19.1. The van der Waals surface area contributed by atoms with E-state index in [1.807, 2.05) is 18.7 Å². The second kappa shape index (κ2) is 6.22. The highest BCUT2D eigenvalue weighted by Gasteiger charge is 2.36. The van der Waals surface area contributed by atoms with Gasteiger partial charge in [-0.15, -0.1) is 0 Å². The van der Waals surface area contributed by atoms with Crippen LogP contribution in [0.4, 0.5) is 4.39 Å². The lowest BCUT2D eigenvalue weighted by atomic mass is 9.97. The number of ether oxygens (including phenoxy) is 1. The number of aliphatic carboxylic acids is 1. The van der Waals surface area contributed by atoms with E-state index in [1.54, 1.807) is 26.0 Å². The van der Waals surface area contributed by atoms with Crippen LogP contribution in [0.15, 0.2) is 18.2 Å². The van der Waals surface area contributed by atoms with Crippen LogP contribution in [0.3, 0.4) is 0 Å². The first-order chi connectivity index (χ1) is 9.25. The Morgan fingerprint density at radius 3 is 2.50 bits per heavy atom. The van der Waals surface area contributed by atoms with Gasteiger partial charge in [0.15, 0.2) is 11.6 Å². The maximum absolute atomic E-state index is 13.8. The van der Waals surface area contributed by atoms with Crippen LogP contribution < -0.4 is 4.74 Å². The fourth-order valence-corrected chi connectivity index (χ4v) is 2.40. The van der Waals surface area contributed by atoms with E-state index in [-0.39, 0.29) is 11.8 Å². The number of carboxylic acids is 1. The molecule has 0 heterocycles. The van der Waals surface area contributed by atoms with Gasteiger partial charge < -0.3 is 9.84 Å². The number of hydrogen-bond donors (Lipinski definition) is 1. The highest BCUT2D eigenvalue weighted by molar-refractivity contribution is 5.77. The number of likely N-dealkylation sites (N-methyl/N-ethyl adjacent to an activating group) is 1. The van der Waals surface area contributed by atoms with Crippen LogP contribution in [-0.2, 0) is 4.79 Å². The van der Waals surface area contributed by atoms with Crippen LogP contribution >= 0.6 is 0 Å². The molecule has 1 atom stereocenters. The minimum Gasteiger partial charge on any atom is -0.494 e. The van der Waals surface area contributed by atoms with Gasteiger partial charge in [0.05, 0.1) is 7.11 Å². The molecule has 0 fully saturated rings. The fourth-order valence-electron chi connectivity index (χ4n) is 2.40. The molecule has 1 rings (SSSR count). The van der Waals surface area contributed by atoms with Gasteiger partial charge in [0.25, 0.3) is 0 Å². The maximum Gasteiger partial charge on any atom is 0.323 e. The number of halogens is 1. The average Bonchev–Trinajstić information content (AvgIpc) is 2.38. The summed E-state index contributed by atoms with van der Waals surface area (Å²) < 4.78 is 18.7. The van der Waals surface area contributed by atoms with Gasteiger partial charge in [-0.3, -0.25) is 9.69 Å². The zero-order chi connectivity index (χ0) is 15.5. The van der Waals surface area contributed by atoms with Gasteiger partial charge in [-0.2, -0.15) is 0 Å². The van der Waals surface area contributed by atoms with Crippen molar-refractivity contribution in [3.63, 3.8) is 0 Å². The van der Waals surface area contributed by atoms with Crippen molar-refractivity contribution in [3.8, 4) is 5.75 Å². The molecule has 0 aliphatic carbocycles. The molecule has 0 saturated heterocycles. The predicted molar refractivity (Wildman–Crippen MR) is 75.5 cm³/mol. The Kier molecular flexibility index (Phi) is 5.11. The van der Waals surface area contributed by atoms with E-state index >= 15 is 0 Å². The molecule has 0 saturated carbocycles. The highest BCUT2D eigenvalue weighted by Crippen LogP contribution is 2.30. The first-order valence-corrected chi connectivity index (χ1v) is 6.59. The minimum atomic E-state index is -1.02. The second-order valence-electron chi connectivity index (χ2n) is 5.22. The summed E-state index contributed by atoms with van der Waals surface area (Å²) >= 11 is 0. The van der Waals surface area contributed by atoms with Crippen LogP contribution in [0.25, 0.3) is 0 Å². The first-order valence-electron chi connectivity index (χ1n) is 6.59. The molecule has 1 N–H and O–H groups in total. The standard InChI is InChI=1S/C15H22FNO3/c1-6-17(15(3,4)14(18)19)10(2)11-7-8-13(20-5)12(16)9-11/h7-10H,6H2,1-5H3,(H,18,19). The Bertz CT molecular complexity index is 488. The van der Waals surface area contributed by atoms with Crippen LogP contribution in [0.2, 0.25) is 0 Å². The average molecular weight is 283 g/mol. The van der Waals surface area contributed by atoms with Gasteiger partial charge in [0, 0.05) is 6.04 Å². The van der Waals surface area contributed by atoms with Crippen molar-refractivity contribution in [2.45, 2.75) is 39.3 Å². The monoisotopic (exact) mass is 283 g/mol. The van der Waals surface area contributed by atoms with E-state index in [4.69, 9.17) is 4.74 Å². The Balaban J connectivity index is 3.11. The van der Waals surface area contributed by atoms with E-state index < -0.39 is 17.3 Å². The lowest BCUT2D eigenvalue weighted by Gasteiger charge is -2.39. The van der Waals surface area contributed by atoms with Crippen molar-refractivity contribution in [3.05, 3.63) is 29.6 Å². The molecule has 0 radical (unpaired) electrons. The molecule has 0 spiro atoms. The van der Waals surface area contributed by atoms with Crippen molar-refractivity contribution >= 4 is 5.97 Å². The molecule has 0 aliphatic heterocycles. The van der Waals surface area contributed by atoms with Crippen LogP contribution in [0.1, 0.15) is 39.3 Å². The molecular weight excluding hydrogens is 261 g/mol. The number of nitrogens with zero attached hydrogens (tertiary/aromatic N) is 1. The van der Waals surface area contributed by atoms with Crippen molar-refractivity contribution < 1.29 is 19.0 Å². The molecule has 0 bridgehead atoms. The van der Waals surface area contributed by atoms with Crippen molar-refractivity contribution in [1.29, 1.82) is 0 Å². The smallest absolute Gasteiger partial charge is 0.323 e. The number of hydrogen-bond acceptors (Lipinski definition) is 3. The molecule has 1 aromatic rings. The summed E-state index contributed by atoms with van der Waals surface area (Å²) in [6.07, 6.45) is 0. The number of carboxylic acid groups (broad SMARTS) is 1. The summed E-state index contributed by atoms with van der Waals surface area (Å²) in [5.41, 5.74) is -0.302. The van der Waals surface area contributed by atoms with Crippen molar-refractivity contribution in [2.24, 2.45) is 0 Å². The first kappa shape index (κ1) is 16.4. The van der Waals surface area contributed by atoms with Crippen LogP contribution in [-0.4, -0.2) is 35.2 Å². The molecule has 0 aromatic heterocycles. The summed E-state index contributed by atoms with van der Waals surface area (Å²) in [6, 6.07) is 4.49. The van der Waals surface area contributed by atoms with Gasteiger partial charge in [-0.1, -0.05) is 13.0 Å². The SMILES string of the molecule is CCN(C(C)c1ccc(OC)c(F)c1)C(C)(C)C(=O)O. The third-order valence-corrected chi connectivity index (χ3v) is 3.71. The Hall–Kier alpha value is -1.62. The molecule has 5 heteroatoms. The Morgan fingerprint density at radius 2 is 2.10 bits per heavy atom. The summed E-state index contributed by atoms with van der Waals surface area (Å²) in [4.78, 5) is 13.2. The maximum atomic E-state index is 13.8. The van der Waals surface area contributed by atoms with E-state index in [2.05, 4.69) is 0 Å². The number of methoxy groups -OCH3 is 1. The molecule has 4 nitrogen and oxygen atoms in total. The summed E-state index contributed by atoms with van der Waals surface area (Å²) in [5, 5.41) is 9.34. The van der Waals surface area contributed by atoms with Crippen LogP contribution in [0.5, 0.6) is 5.75 Å². The Morgan fingerprint density at radius 1 is 1.50 bits per heavy atom. The van der Waals surface area contributed by atoms with Crippen LogP contribution in [0, 0.1) is 5.82 Å². The van der Waals surface area contributed by atoms with Gasteiger partial charge in [-0.05, 0) is 45.0 Å². The predicted octanol–water partition coefficient (Wildman–Crippen LogP) is 3.08. The molecule has 112 valence electrons. The fraction of sp³-hybridized carbons (Fsp3) is 0.533. The van der Waals surface area contributed by atoms with E-state index in [9.17, 15) is 14.3 Å². The summed E-state index contributed by atoms with van der Waals surface area (Å²) in [5.74, 6) is -1.16. The molecule has 0 aliphatic rings. The molecule has 1 unspecified atom stereocenters. The van der Waals surface area contributed by atoms with E-state index in [0.717, 1.165) is 5.56 Å². The quantitative estimate of drug-likeness (QED) is 0.871. The lowest BCUT2D eigenvalue weighted by molar-refractivity contribution is -0.150. The normalized spacial score (nSPS) is 13.3. The zero-order valence-corrected chi connectivity index (χ0v) is 12.6. The van der Waals surface area contributed by atoms with Crippen molar-refractivity contribution in [2.75, 3.05) is 13.7 Å². The topological polar surface area (TPSA) is 49.8 Å². The summed E-state index contributed by atoms with van der Waals surface area (Å²) in [7, 11) is 1.41. The molecule has 20 heavy (non-hydrogen) atoms. The minimum absolute atomic E-state index is 0.182. The van der Waals surface area contributed by atoms with Gasteiger partial charge in [0.1, 0.15) is 5.54 Å². The van der Waals surface area contributed by atoms with E-state index in [0.29, 0.717) is 6.54 Å². The zero-order valence-electron chi connectivity index (χ0n) is 12.6. The lowest BCUT2D eigenvalue weighted by Crippen LogP contribution is -2.51. The van der Waals surface area contributed by atoms with E-state index in [1.165, 1.54) is 13.2 Å². The Labute approximate surface area is 119 Å². The third kappa shape index (κ3) is 3.10. The largest absolute Gasteiger partial charge is 0.494 e. The van der Waals surface area contributed by atoms with Crippen molar-refractivity contribution in [1.82, 2.24) is 4.90 Å².